The Balaban J connectivity index is 3.02. The van der Waals surface area contributed by atoms with Crippen molar-refractivity contribution in [3.63, 3.8) is 0 Å². The van der Waals surface area contributed by atoms with Gasteiger partial charge in [-0.05, 0) is 24.6 Å². The molecule has 0 spiro atoms. The number of rotatable bonds is 7. The predicted molar refractivity (Wildman–Crippen MR) is 76.7 cm³/mol. The van der Waals surface area contributed by atoms with Gasteiger partial charge in [0.15, 0.2) is 0 Å². The summed E-state index contributed by atoms with van der Waals surface area (Å²) in [6.45, 7) is 2.57. The predicted octanol–water partition coefficient (Wildman–Crippen LogP) is 2.09. The second-order valence-electron chi connectivity index (χ2n) is 4.44. The van der Waals surface area contributed by atoms with Crippen LogP contribution in [0, 0.1) is 0 Å². The van der Waals surface area contributed by atoms with E-state index in [0.717, 1.165) is 19.3 Å². The minimum Gasteiger partial charge on any atom is -0.495 e. The second kappa shape index (κ2) is 6.77. The Hall–Kier alpha value is -1.27. The molecule has 0 aliphatic carbocycles. The molecular formula is C13H22N2O3S. The van der Waals surface area contributed by atoms with Crippen LogP contribution in [0.3, 0.4) is 0 Å². The summed E-state index contributed by atoms with van der Waals surface area (Å²) >= 11 is 0. The molecular weight excluding hydrogens is 264 g/mol. The average molecular weight is 286 g/mol. The summed E-state index contributed by atoms with van der Waals surface area (Å²) in [5, 5.41) is 0. The van der Waals surface area contributed by atoms with Gasteiger partial charge in [0.25, 0.3) is 0 Å². The number of nitrogens with zero attached hydrogens (tertiary/aromatic N) is 1. The van der Waals surface area contributed by atoms with E-state index in [-0.39, 0.29) is 4.90 Å². The number of ether oxygens (including phenoxy) is 1. The lowest BCUT2D eigenvalue weighted by Crippen LogP contribution is -2.28. The molecule has 0 bridgehead atoms. The van der Waals surface area contributed by atoms with E-state index in [1.165, 1.54) is 17.5 Å². The topological polar surface area (TPSA) is 72.6 Å². The fourth-order valence-electron chi connectivity index (χ4n) is 1.77. The highest BCUT2D eigenvalue weighted by atomic mass is 32.2. The lowest BCUT2D eigenvalue weighted by molar-refractivity contribution is 0.397. The van der Waals surface area contributed by atoms with Crippen LogP contribution in [0.1, 0.15) is 26.2 Å². The number of methoxy groups -OCH3 is 1. The van der Waals surface area contributed by atoms with Gasteiger partial charge in [-0.3, -0.25) is 0 Å². The molecule has 1 aromatic carbocycles. The number of unbranched alkanes of at least 4 members (excludes halogenated alkanes) is 2. The molecule has 0 heterocycles. The molecule has 0 amide bonds. The third kappa shape index (κ3) is 3.84. The molecule has 0 aromatic heterocycles. The first-order valence-corrected chi connectivity index (χ1v) is 7.77. The molecule has 0 fully saturated rings. The van der Waals surface area contributed by atoms with E-state index in [4.69, 9.17) is 10.5 Å². The maximum atomic E-state index is 12.4. The summed E-state index contributed by atoms with van der Waals surface area (Å²) in [5.41, 5.74) is 6.07. The van der Waals surface area contributed by atoms with Crippen LogP contribution in [0.5, 0.6) is 5.75 Å². The minimum absolute atomic E-state index is 0.119. The Morgan fingerprint density at radius 2 is 2.00 bits per heavy atom. The van der Waals surface area contributed by atoms with E-state index < -0.39 is 10.0 Å². The Kier molecular flexibility index (Phi) is 5.62. The van der Waals surface area contributed by atoms with Crippen LogP contribution < -0.4 is 10.5 Å². The standard InChI is InChI=1S/C13H22N2O3S/c1-4-5-6-9-15(2)19(16,17)13-10-11(14)7-8-12(13)18-3/h7-8,10H,4-6,9,14H2,1-3H3. The van der Waals surface area contributed by atoms with Crippen molar-refractivity contribution in [1.82, 2.24) is 4.31 Å². The first-order valence-electron chi connectivity index (χ1n) is 6.33. The van der Waals surface area contributed by atoms with Crippen LogP contribution in [-0.4, -0.2) is 33.4 Å². The molecule has 0 saturated carbocycles. The van der Waals surface area contributed by atoms with Crippen LogP contribution >= 0.6 is 0 Å². The zero-order chi connectivity index (χ0) is 14.5. The van der Waals surface area contributed by atoms with Crippen LogP contribution in [0.15, 0.2) is 23.1 Å². The van der Waals surface area contributed by atoms with Crippen LogP contribution in [0.2, 0.25) is 0 Å². The fraction of sp³-hybridized carbons (Fsp3) is 0.538. The zero-order valence-corrected chi connectivity index (χ0v) is 12.5. The molecule has 108 valence electrons. The highest BCUT2D eigenvalue weighted by Crippen LogP contribution is 2.28. The molecule has 6 heteroatoms. The summed E-state index contributed by atoms with van der Waals surface area (Å²) in [6.07, 6.45) is 2.90. The average Bonchev–Trinajstić information content (AvgIpc) is 2.38. The molecule has 0 aliphatic heterocycles. The van der Waals surface area contributed by atoms with Gasteiger partial charge in [-0.15, -0.1) is 0 Å². The summed E-state index contributed by atoms with van der Waals surface area (Å²) < 4.78 is 31.3. The van der Waals surface area contributed by atoms with Gasteiger partial charge in [0, 0.05) is 19.3 Å². The van der Waals surface area contributed by atoms with Crippen LogP contribution in [-0.2, 0) is 10.0 Å². The first kappa shape index (κ1) is 15.8. The summed E-state index contributed by atoms with van der Waals surface area (Å²) in [4.78, 5) is 0.119. The van der Waals surface area contributed by atoms with Gasteiger partial charge >= 0.3 is 0 Å². The quantitative estimate of drug-likeness (QED) is 0.615. The van der Waals surface area contributed by atoms with Gasteiger partial charge in [-0.2, -0.15) is 0 Å². The van der Waals surface area contributed by atoms with E-state index in [2.05, 4.69) is 6.92 Å². The number of benzene rings is 1. The molecule has 1 rings (SSSR count). The molecule has 19 heavy (non-hydrogen) atoms. The number of hydrogen-bond acceptors (Lipinski definition) is 4. The van der Waals surface area contributed by atoms with Crippen molar-refractivity contribution in [2.75, 3.05) is 26.4 Å². The van der Waals surface area contributed by atoms with Gasteiger partial charge < -0.3 is 10.5 Å². The number of hydrogen-bond donors (Lipinski definition) is 1. The number of anilines is 1. The lowest BCUT2D eigenvalue weighted by Gasteiger charge is -2.19. The van der Waals surface area contributed by atoms with Gasteiger partial charge in [0.2, 0.25) is 10.0 Å². The molecule has 1 aromatic rings. The van der Waals surface area contributed by atoms with Gasteiger partial charge in [0.1, 0.15) is 10.6 Å². The Bertz CT molecular complexity index is 515. The smallest absolute Gasteiger partial charge is 0.246 e. The van der Waals surface area contributed by atoms with Gasteiger partial charge in [-0.1, -0.05) is 19.8 Å². The molecule has 0 unspecified atom stereocenters. The van der Waals surface area contributed by atoms with E-state index in [0.29, 0.717) is 18.0 Å². The lowest BCUT2D eigenvalue weighted by atomic mass is 10.2. The Labute approximate surface area is 115 Å². The van der Waals surface area contributed by atoms with Crippen molar-refractivity contribution in [3.8, 4) is 5.75 Å². The van der Waals surface area contributed by atoms with Crippen molar-refractivity contribution in [2.45, 2.75) is 31.1 Å². The highest BCUT2D eigenvalue weighted by molar-refractivity contribution is 7.89. The molecule has 0 atom stereocenters. The summed E-state index contributed by atoms with van der Waals surface area (Å²) in [5.74, 6) is 0.316. The zero-order valence-electron chi connectivity index (χ0n) is 11.7. The fourth-order valence-corrected chi connectivity index (χ4v) is 3.16. The second-order valence-corrected chi connectivity index (χ2v) is 6.46. The van der Waals surface area contributed by atoms with E-state index in [9.17, 15) is 8.42 Å². The third-order valence-electron chi connectivity index (χ3n) is 2.95. The molecule has 0 aliphatic rings. The van der Waals surface area contributed by atoms with Gasteiger partial charge in [-0.25, -0.2) is 12.7 Å². The summed E-state index contributed by atoms with van der Waals surface area (Å²) in [6, 6.07) is 4.63. The van der Waals surface area contributed by atoms with Crippen molar-refractivity contribution in [1.29, 1.82) is 0 Å². The van der Waals surface area contributed by atoms with Crippen LogP contribution in [0.4, 0.5) is 5.69 Å². The maximum absolute atomic E-state index is 12.4. The first-order chi connectivity index (χ1) is 8.93. The Morgan fingerprint density at radius 3 is 2.58 bits per heavy atom. The maximum Gasteiger partial charge on any atom is 0.246 e. The molecule has 5 nitrogen and oxygen atoms in total. The van der Waals surface area contributed by atoms with E-state index in [1.54, 1.807) is 19.2 Å². The highest BCUT2D eigenvalue weighted by Gasteiger charge is 2.24. The van der Waals surface area contributed by atoms with Crippen LogP contribution in [0.25, 0.3) is 0 Å². The Morgan fingerprint density at radius 1 is 1.32 bits per heavy atom. The SMILES string of the molecule is CCCCCN(C)S(=O)(=O)c1cc(N)ccc1OC. The minimum atomic E-state index is -3.56. The monoisotopic (exact) mass is 286 g/mol. The molecule has 0 radical (unpaired) electrons. The van der Waals surface area contributed by atoms with Crippen molar-refractivity contribution < 1.29 is 13.2 Å². The summed E-state index contributed by atoms with van der Waals surface area (Å²) in [7, 11) is -0.533. The number of sulfonamides is 1. The number of nitrogen functional groups attached to an aromatic ring is 1. The third-order valence-corrected chi connectivity index (χ3v) is 4.83. The molecule has 0 saturated heterocycles. The normalized spacial score (nSPS) is 11.8. The largest absolute Gasteiger partial charge is 0.495 e. The number of nitrogens with two attached hydrogens (primary N) is 1. The van der Waals surface area contributed by atoms with Gasteiger partial charge in [0.05, 0.1) is 7.11 Å². The van der Waals surface area contributed by atoms with E-state index >= 15 is 0 Å². The van der Waals surface area contributed by atoms with Crippen molar-refractivity contribution in [2.24, 2.45) is 0 Å². The molecule has 2 N–H and O–H groups in total. The van der Waals surface area contributed by atoms with E-state index in [1.807, 2.05) is 0 Å². The van der Waals surface area contributed by atoms with Crippen molar-refractivity contribution in [3.05, 3.63) is 18.2 Å². The van der Waals surface area contributed by atoms with Crippen molar-refractivity contribution >= 4 is 15.7 Å².